The summed E-state index contributed by atoms with van der Waals surface area (Å²) < 4.78 is 7.33. The zero-order chi connectivity index (χ0) is 20.2. The Morgan fingerprint density at radius 3 is 2.83 bits per heavy atom. The molecule has 1 aromatic carbocycles. The molecule has 0 bridgehead atoms. The van der Waals surface area contributed by atoms with E-state index in [9.17, 15) is 5.26 Å². The van der Waals surface area contributed by atoms with Crippen LogP contribution >= 0.6 is 0 Å². The molecule has 1 aliphatic rings. The van der Waals surface area contributed by atoms with Gasteiger partial charge in [0.2, 0.25) is 0 Å². The first-order chi connectivity index (χ1) is 14.2. The molecule has 4 rings (SSSR count). The number of nitriles is 1. The van der Waals surface area contributed by atoms with Gasteiger partial charge >= 0.3 is 0 Å². The van der Waals surface area contributed by atoms with Gasteiger partial charge < -0.3 is 20.7 Å². The highest BCUT2D eigenvalue weighted by Crippen LogP contribution is 2.34. The second-order valence-electron chi connectivity index (χ2n) is 7.23. The average Bonchev–Trinajstić information content (AvgIpc) is 3.23. The lowest BCUT2D eigenvalue weighted by Gasteiger charge is -2.27. The minimum atomic E-state index is 0.304. The van der Waals surface area contributed by atoms with Gasteiger partial charge in [-0.15, -0.1) is 0 Å². The van der Waals surface area contributed by atoms with E-state index in [2.05, 4.69) is 27.1 Å². The van der Waals surface area contributed by atoms with Gasteiger partial charge in [0.1, 0.15) is 23.2 Å². The Morgan fingerprint density at radius 1 is 1.31 bits per heavy atom. The van der Waals surface area contributed by atoms with E-state index in [-0.39, 0.29) is 0 Å². The first-order valence-corrected chi connectivity index (χ1v) is 10.1. The normalized spacial score (nSPS) is 16.4. The minimum absolute atomic E-state index is 0.304. The van der Waals surface area contributed by atoms with E-state index in [1.54, 1.807) is 10.7 Å². The highest BCUT2D eigenvalue weighted by molar-refractivity contribution is 5.82. The maximum absolute atomic E-state index is 9.87. The molecule has 1 aliphatic heterocycles. The summed E-state index contributed by atoms with van der Waals surface area (Å²) in [6.45, 7) is 6.58. The molecular weight excluding hydrogens is 364 g/mol. The molecule has 1 fully saturated rings. The van der Waals surface area contributed by atoms with Crippen molar-refractivity contribution in [3.05, 3.63) is 47.7 Å². The molecule has 0 aliphatic carbocycles. The summed E-state index contributed by atoms with van der Waals surface area (Å²) in [5.41, 5.74) is 4.20. The van der Waals surface area contributed by atoms with Crippen molar-refractivity contribution in [2.75, 3.05) is 30.3 Å². The number of aromatic nitrogens is 2. The maximum Gasteiger partial charge on any atom is 0.137 e. The van der Waals surface area contributed by atoms with E-state index < -0.39 is 0 Å². The van der Waals surface area contributed by atoms with Crippen molar-refractivity contribution in [2.45, 2.75) is 32.7 Å². The van der Waals surface area contributed by atoms with E-state index in [0.717, 1.165) is 60.0 Å². The molecule has 7 nitrogen and oxygen atoms in total. The van der Waals surface area contributed by atoms with Gasteiger partial charge in [0.05, 0.1) is 24.0 Å². The lowest BCUT2D eigenvalue weighted by Crippen LogP contribution is -2.38. The number of piperidine rings is 1. The number of nitrogens with zero attached hydrogens (tertiary/aromatic N) is 3. The number of nitrogens with one attached hydrogen (secondary N) is 3. The predicted molar refractivity (Wildman–Crippen MR) is 115 cm³/mol. The molecule has 1 saturated heterocycles. The third-order valence-corrected chi connectivity index (χ3v) is 5.28. The second-order valence-corrected chi connectivity index (χ2v) is 7.23. The summed E-state index contributed by atoms with van der Waals surface area (Å²) in [7, 11) is 0. The second kappa shape index (κ2) is 8.41. The molecule has 1 atom stereocenters. The lowest BCUT2D eigenvalue weighted by molar-refractivity contribution is 0.340. The summed E-state index contributed by atoms with van der Waals surface area (Å²) in [5, 5.41) is 24.8. The number of hydrogen-bond acceptors (Lipinski definition) is 6. The van der Waals surface area contributed by atoms with Gasteiger partial charge in [-0.05, 0) is 63.6 Å². The third-order valence-electron chi connectivity index (χ3n) is 5.28. The molecular formula is C22H26N6O. The molecule has 150 valence electrons. The fraction of sp³-hybridized carbons (Fsp3) is 0.364. The number of fused-ring (bicyclic) bond motifs is 1. The van der Waals surface area contributed by atoms with Crippen LogP contribution < -0.4 is 20.7 Å². The van der Waals surface area contributed by atoms with Gasteiger partial charge in [-0.2, -0.15) is 10.4 Å². The standard InChI is InChI=1S/C22H26N6O/c1-3-29-18-8-6-16(7-9-18)27-22-15(2)21(26-17-5-4-11-24-14-17)19(13-23)20-10-12-25-28(20)22/h6-10,12,17,24,26-27H,3-5,11,14H2,1-2H3/t17-/m0/s1. The van der Waals surface area contributed by atoms with Crippen LogP contribution in [0.15, 0.2) is 36.5 Å². The largest absolute Gasteiger partial charge is 0.494 e. The summed E-state index contributed by atoms with van der Waals surface area (Å²) >= 11 is 0. The molecule has 0 amide bonds. The molecule has 29 heavy (non-hydrogen) atoms. The Bertz CT molecular complexity index is 1030. The van der Waals surface area contributed by atoms with Crippen LogP contribution in [-0.2, 0) is 0 Å². The Kier molecular flexibility index (Phi) is 5.54. The average molecular weight is 390 g/mol. The SMILES string of the molecule is CCOc1ccc(Nc2c(C)c(N[C@H]3CCCNC3)c(C#N)c3ccnn23)cc1. The summed E-state index contributed by atoms with van der Waals surface area (Å²) in [5.74, 6) is 1.69. The Morgan fingerprint density at radius 2 is 2.14 bits per heavy atom. The lowest BCUT2D eigenvalue weighted by atomic mass is 10.0. The van der Waals surface area contributed by atoms with Crippen molar-refractivity contribution in [1.82, 2.24) is 14.9 Å². The van der Waals surface area contributed by atoms with Crippen LogP contribution in [0, 0.1) is 18.3 Å². The highest BCUT2D eigenvalue weighted by Gasteiger charge is 2.21. The topological polar surface area (TPSA) is 86.4 Å². The molecule has 3 heterocycles. The molecule has 7 heteroatoms. The molecule has 0 radical (unpaired) electrons. The minimum Gasteiger partial charge on any atom is -0.494 e. The van der Waals surface area contributed by atoms with E-state index in [4.69, 9.17) is 4.74 Å². The molecule has 0 saturated carbocycles. The van der Waals surface area contributed by atoms with Crippen LogP contribution in [-0.4, -0.2) is 35.4 Å². The molecule has 3 aromatic rings. The zero-order valence-corrected chi connectivity index (χ0v) is 16.8. The van der Waals surface area contributed by atoms with Gasteiger partial charge in [-0.3, -0.25) is 0 Å². The van der Waals surface area contributed by atoms with Gasteiger partial charge in [-0.1, -0.05) is 0 Å². The quantitative estimate of drug-likeness (QED) is 0.593. The first kappa shape index (κ1) is 19.1. The zero-order valence-electron chi connectivity index (χ0n) is 16.8. The molecule has 2 aromatic heterocycles. The number of ether oxygens (including phenoxy) is 1. The number of hydrogen-bond donors (Lipinski definition) is 3. The maximum atomic E-state index is 9.87. The predicted octanol–water partition coefficient (Wildman–Crippen LogP) is 3.82. The van der Waals surface area contributed by atoms with Crippen molar-refractivity contribution in [3.63, 3.8) is 0 Å². The van der Waals surface area contributed by atoms with Crippen molar-refractivity contribution < 1.29 is 4.74 Å². The first-order valence-electron chi connectivity index (χ1n) is 10.1. The van der Waals surface area contributed by atoms with Gasteiger partial charge in [0.15, 0.2) is 0 Å². The summed E-state index contributed by atoms with van der Waals surface area (Å²) in [6.07, 6.45) is 3.94. The van der Waals surface area contributed by atoms with E-state index in [1.165, 1.54) is 0 Å². The smallest absolute Gasteiger partial charge is 0.137 e. The Balaban J connectivity index is 1.73. The van der Waals surface area contributed by atoms with Crippen molar-refractivity contribution in [2.24, 2.45) is 0 Å². The third kappa shape index (κ3) is 3.84. The van der Waals surface area contributed by atoms with Crippen molar-refractivity contribution in [1.29, 1.82) is 5.26 Å². The van der Waals surface area contributed by atoms with Gasteiger partial charge in [-0.25, -0.2) is 4.52 Å². The molecule has 0 spiro atoms. The van der Waals surface area contributed by atoms with Crippen LogP contribution in [0.3, 0.4) is 0 Å². The van der Waals surface area contributed by atoms with Gasteiger partial charge in [0.25, 0.3) is 0 Å². The highest BCUT2D eigenvalue weighted by atomic mass is 16.5. The molecule has 0 unspecified atom stereocenters. The Labute approximate surface area is 170 Å². The van der Waals surface area contributed by atoms with Crippen LogP contribution in [0.25, 0.3) is 5.52 Å². The van der Waals surface area contributed by atoms with Crippen molar-refractivity contribution >= 4 is 22.7 Å². The van der Waals surface area contributed by atoms with E-state index in [0.29, 0.717) is 18.2 Å². The number of anilines is 3. The molecule has 3 N–H and O–H groups in total. The summed E-state index contributed by atoms with van der Waals surface area (Å²) in [6, 6.07) is 12.4. The number of benzene rings is 1. The van der Waals surface area contributed by atoms with E-state index in [1.807, 2.05) is 44.2 Å². The van der Waals surface area contributed by atoms with Crippen LogP contribution in [0.4, 0.5) is 17.2 Å². The van der Waals surface area contributed by atoms with Gasteiger partial charge in [0, 0.05) is 23.8 Å². The number of pyridine rings is 1. The fourth-order valence-corrected chi connectivity index (χ4v) is 3.82. The number of rotatable bonds is 6. The van der Waals surface area contributed by atoms with Crippen molar-refractivity contribution in [3.8, 4) is 11.8 Å². The fourth-order valence-electron chi connectivity index (χ4n) is 3.82. The van der Waals surface area contributed by atoms with Crippen LogP contribution in [0.1, 0.15) is 30.9 Å². The van der Waals surface area contributed by atoms with E-state index >= 15 is 0 Å². The summed E-state index contributed by atoms with van der Waals surface area (Å²) in [4.78, 5) is 0. The van der Waals surface area contributed by atoms with Crippen LogP contribution in [0.5, 0.6) is 5.75 Å². The van der Waals surface area contributed by atoms with Crippen LogP contribution in [0.2, 0.25) is 0 Å². The Hall–Kier alpha value is -3.24. The monoisotopic (exact) mass is 390 g/mol.